The van der Waals surface area contributed by atoms with Gasteiger partial charge in [0.1, 0.15) is 0 Å². The standard InChI is InChI=1S/C19H26N4O3/c24-17-10-13(8-9-20-17)19(26)21-14-4-6-15(7-5-14)23-18(25)11-12-2-1-3-16(12)22-23/h11,13-15H,1-10H2,(H,20,24)(H,21,26). The summed E-state index contributed by atoms with van der Waals surface area (Å²) in [6.45, 7) is 0.580. The van der Waals surface area contributed by atoms with Crippen molar-refractivity contribution in [3.63, 3.8) is 0 Å². The van der Waals surface area contributed by atoms with Gasteiger partial charge in [0.15, 0.2) is 0 Å². The van der Waals surface area contributed by atoms with Crippen molar-refractivity contribution in [1.82, 2.24) is 20.4 Å². The summed E-state index contributed by atoms with van der Waals surface area (Å²) in [7, 11) is 0. The van der Waals surface area contributed by atoms with Gasteiger partial charge < -0.3 is 10.6 Å². The van der Waals surface area contributed by atoms with Crippen LogP contribution >= 0.6 is 0 Å². The van der Waals surface area contributed by atoms with Gasteiger partial charge in [-0.05, 0) is 56.9 Å². The lowest BCUT2D eigenvalue weighted by atomic mass is 9.90. The highest BCUT2D eigenvalue weighted by Crippen LogP contribution is 2.28. The van der Waals surface area contributed by atoms with Crippen molar-refractivity contribution in [3.8, 4) is 0 Å². The van der Waals surface area contributed by atoms with Gasteiger partial charge in [0, 0.05) is 31.0 Å². The van der Waals surface area contributed by atoms with E-state index in [9.17, 15) is 14.4 Å². The van der Waals surface area contributed by atoms with E-state index in [1.807, 2.05) is 0 Å². The molecule has 0 radical (unpaired) electrons. The molecule has 0 spiro atoms. The van der Waals surface area contributed by atoms with Crippen molar-refractivity contribution in [1.29, 1.82) is 0 Å². The predicted molar refractivity (Wildman–Crippen MR) is 95.7 cm³/mol. The van der Waals surface area contributed by atoms with Crippen LogP contribution in [0.4, 0.5) is 0 Å². The maximum Gasteiger partial charge on any atom is 0.267 e. The zero-order chi connectivity index (χ0) is 18.1. The summed E-state index contributed by atoms with van der Waals surface area (Å²) in [5.41, 5.74) is 2.20. The van der Waals surface area contributed by atoms with Crippen molar-refractivity contribution in [2.45, 2.75) is 69.9 Å². The Hall–Kier alpha value is -2.18. The largest absolute Gasteiger partial charge is 0.356 e. The third kappa shape index (κ3) is 3.52. The van der Waals surface area contributed by atoms with E-state index in [1.54, 1.807) is 10.7 Å². The van der Waals surface area contributed by atoms with E-state index in [-0.39, 0.29) is 41.8 Å². The van der Waals surface area contributed by atoms with Gasteiger partial charge in [0.2, 0.25) is 11.8 Å². The molecular formula is C19H26N4O3. The highest BCUT2D eigenvalue weighted by Gasteiger charge is 2.30. The van der Waals surface area contributed by atoms with E-state index in [4.69, 9.17) is 0 Å². The van der Waals surface area contributed by atoms with Crippen molar-refractivity contribution >= 4 is 11.8 Å². The Morgan fingerprint density at radius 3 is 2.73 bits per heavy atom. The molecule has 3 aliphatic rings. The summed E-state index contributed by atoms with van der Waals surface area (Å²) >= 11 is 0. The normalized spacial score (nSPS) is 28.3. The zero-order valence-corrected chi connectivity index (χ0v) is 15.0. The van der Waals surface area contributed by atoms with E-state index in [0.717, 1.165) is 56.2 Å². The van der Waals surface area contributed by atoms with Gasteiger partial charge in [-0.2, -0.15) is 5.10 Å². The van der Waals surface area contributed by atoms with E-state index in [0.29, 0.717) is 13.0 Å². The molecule has 2 heterocycles. The Morgan fingerprint density at radius 2 is 1.96 bits per heavy atom. The van der Waals surface area contributed by atoms with Crippen LogP contribution in [0.3, 0.4) is 0 Å². The van der Waals surface area contributed by atoms with E-state index in [2.05, 4.69) is 15.7 Å². The van der Waals surface area contributed by atoms with Gasteiger partial charge in [0.25, 0.3) is 5.56 Å². The van der Waals surface area contributed by atoms with Gasteiger partial charge in [-0.1, -0.05) is 0 Å². The number of hydrogen-bond acceptors (Lipinski definition) is 4. The number of aromatic nitrogens is 2. The molecule has 0 bridgehead atoms. The monoisotopic (exact) mass is 358 g/mol. The number of carbonyl (C=O) groups excluding carboxylic acids is 2. The number of carbonyl (C=O) groups is 2. The highest BCUT2D eigenvalue weighted by atomic mass is 16.2. The predicted octanol–water partition coefficient (Wildman–Crippen LogP) is 0.858. The second-order valence-corrected chi connectivity index (χ2v) is 7.81. The summed E-state index contributed by atoms with van der Waals surface area (Å²) in [5, 5.41) is 10.5. The van der Waals surface area contributed by atoms with Crippen molar-refractivity contribution < 1.29 is 9.59 Å². The van der Waals surface area contributed by atoms with E-state index in [1.165, 1.54) is 0 Å². The lowest BCUT2D eigenvalue weighted by Crippen LogP contribution is -2.45. The molecule has 140 valence electrons. The van der Waals surface area contributed by atoms with Gasteiger partial charge in [-0.3, -0.25) is 14.4 Å². The maximum absolute atomic E-state index is 12.4. The molecule has 1 aromatic heterocycles. The number of nitrogens with zero attached hydrogens (tertiary/aromatic N) is 2. The molecule has 1 aromatic rings. The SMILES string of the molecule is O=C1CC(C(=O)NC2CCC(n3nc4c(cc3=O)CCC4)CC2)CCN1. The average Bonchev–Trinajstić information content (AvgIpc) is 3.09. The Labute approximate surface area is 152 Å². The first-order valence-corrected chi connectivity index (χ1v) is 9.79. The zero-order valence-electron chi connectivity index (χ0n) is 15.0. The third-order valence-electron chi connectivity index (χ3n) is 5.99. The molecular weight excluding hydrogens is 332 g/mol. The first-order valence-electron chi connectivity index (χ1n) is 9.79. The number of piperidine rings is 1. The van der Waals surface area contributed by atoms with Crippen LogP contribution in [0.1, 0.15) is 62.2 Å². The van der Waals surface area contributed by atoms with Gasteiger partial charge in [0.05, 0.1) is 11.7 Å². The van der Waals surface area contributed by atoms with Crippen LogP contribution in [-0.2, 0) is 22.4 Å². The Kier molecular flexibility index (Phi) is 4.78. The molecule has 2 N–H and O–H groups in total. The average molecular weight is 358 g/mol. The molecule has 1 saturated carbocycles. The Morgan fingerprint density at radius 1 is 1.15 bits per heavy atom. The van der Waals surface area contributed by atoms with Gasteiger partial charge in [-0.25, -0.2) is 4.68 Å². The number of nitrogens with one attached hydrogen (secondary N) is 2. The minimum absolute atomic E-state index is 0.00359. The molecule has 26 heavy (non-hydrogen) atoms. The molecule has 1 atom stereocenters. The second kappa shape index (κ2) is 7.21. The molecule has 2 amide bonds. The molecule has 1 unspecified atom stereocenters. The van der Waals surface area contributed by atoms with Gasteiger partial charge in [-0.15, -0.1) is 0 Å². The van der Waals surface area contributed by atoms with Gasteiger partial charge >= 0.3 is 0 Å². The van der Waals surface area contributed by atoms with Crippen molar-refractivity contribution in [3.05, 3.63) is 27.7 Å². The van der Waals surface area contributed by atoms with E-state index >= 15 is 0 Å². The minimum Gasteiger partial charge on any atom is -0.356 e. The van der Waals surface area contributed by atoms with Crippen LogP contribution in [0, 0.1) is 5.92 Å². The van der Waals surface area contributed by atoms with E-state index < -0.39 is 0 Å². The fraction of sp³-hybridized carbons (Fsp3) is 0.684. The molecule has 4 rings (SSSR count). The second-order valence-electron chi connectivity index (χ2n) is 7.81. The molecule has 1 aliphatic heterocycles. The Bertz CT molecular complexity index is 765. The Balaban J connectivity index is 1.34. The quantitative estimate of drug-likeness (QED) is 0.838. The number of fused-ring (bicyclic) bond motifs is 1. The molecule has 2 fully saturated rings. The first kappa shape index (κ1) is 17.2. The first-order chi connectivity index (χ1) is 12.6. The maximum atomic E-state index is 12.4. The van der Waals surface area contributed by atoms with Crippen LogP contribution in [0.5, 0.6) is 0 Å². The minimum atomic E-state index is -0.206. The number of aryl methyl sites for hydroxylation is 2. The van der Waals surface area contributed by atoms with Crippen molar-refractivity contribution in [2.75, 3.05) is 6.54 Å². The summed E-state index contributed by atoms with van der Waals surface area (Å²) in [6.07, 6.45) is 7.41. The molecule has 7 heteroatoms. The summed E-state index contributed by atoms with van der Waals surface area (Å²) < 4.78 is 1.67. The molecule has 2 aliphatic carbocycles. The third-order valence-corrected chi connectivity index (χ3v) is 5.99. The molecule has 1 saturated heterocycles. The number of rotatable bonds is 3. The van der Waals surface area contributed by atoms with Crippen LogP contribution in [0.2, 0.25) is 0 Å². The fourth-order valence-corrected chi connectivity index (χ4v) is 4.47. The lowest BCUT2D eigenvalue weighted by molar-refractivity contribution is -0.133. The number of amides is 2. The van der Waals surface area contributed by atoms with Crippen LogP contribution < -0.4 is 16.2 Å². The fourth-order valence-electron chi connectivity index (χ4n) is 4.47. The summed E-state index contributed by atoms with van der Waals surface area (Å²) in [5.74, 6) is -0.249. The summed E-state index contributed by atoms with van der Waals surface area (Å²) in [6, 6.07) is 2.02. The molecule has 0 aromatic carbocycles. The van der Waals surface area contributed by atoms with Crippen molar-refractivity contribution in [2.24, 2.45) is 5.92 Å². The highest BCUT2D eigenvalue weighted by molar-refractivity contribution is 5.87. The lowest BCUT2D eigenvalue weighted by Gasteiger charge is -2.31. The smallest absolute Gasteiger partial charge is 0.267 e. The molecule has 7 nitrogen and oxygen atoms in total. The topological polar surface area (TPSA) is 93.1 Å². The van der Waals surface area contributed by atoms with Crippen LogP contribution in [0.25, 0.3) is 0 Å². The van der Waals surface area contributed by atoms with Crippen LogP contribution in [0.15, 0.2) is 10.9 Å². The number of hydrogen-bond donors (Lipinski definition) is 2. The summed E-state index contributed by atoms with van der Waals surface area (Å²) in [4.78, 5) is 36.2. The van der Waals surface area contributed by atoms with Crippen LogP contribution in [-0.4, -0.2) is 34.2 Å².